The van der Waals surface area contributed by atoms with Gasteiger partial charge < -0.3 is 10.8 Å². The van der Waals surface area contributed by atoms with E-state index in [9.17, 15) is 5.11 Å². The zero-order valence-electron chi connectivity index (χ0n) is 17.4. The molecule has 154 valence electrons. The van der Waals surface area contributed by atoms with Crippen molar-refractivity contribution in [1.29, 1.82) is 0 Å². The number of thioether (sulfide) groups is 2. The molecular formula is C21H32N4OS2. The Labute approximate surface area is 177 Å². The highest BCUT2D eigenvalue weighted by molar-refractivity contribution is 7.99. The van der Waals surface area contributed by atoms with Crippen molar-refractivity contribution in [3.05, 3.63) is 17.2 Å². The van der Waals surface area contributed by atoms with E-state index in [1.54, 1.807) is 23.5 Å². The van der Waals surface area contributed by atoms with Crippen molar-refractivity contribution >= 4 is 29.2 Å². The van der Waals surface area contributed by atoms with Gasteiger partial charge in [-0.15, -0.1) is 0 Å². The molecule has 2 aromatic rings. The lowest BCUT2D eigenvalue weighted by atomic mass is 10.0. The predicted molar refractivity (Wildman–Crippen MR) is 121 cm³/mol. The van der Waals surface area contributed by atoms with Gasteiger partial charge >= 0.3 is 0 Å². The molecule has 0 saturated heterocycles. The number of hydrogen-bond acceptors (Lipinski definition) is 7. The first kappa shape index (κ1) is 22.8. The molecule has 0 aliphatic rings. The molecule has 2 rings (SSSR count). The standard InChI is InChI=1S/C21H32N4OS2/c1-5-7-9-11-27-20-23-19(24-21(25-20)28-12-10-8-6-2)16-13-14(3)18(26)15(4)17(16)22/h13,26H,5-12,22H2,1-4H3. The van der Waals surface area contributed by atoms with Gasteiger partial charge in [-0.3, -0.25) is 0 Å². The fourth-order valence-corrected chi connectivity index (χ4v) is 4.52. The summed E-state index contributed by atoms with van der Waals surface area (Å²) >= 11 is 3.36. The number of hydrogen-bond donors (Lipinski definition) is 2. The molecule has 1 aromatic carbocycles. The Morgan fingerprint density at radius 2 is 1.43 bits per heavy atom. The molecule has 7 heteroatoms. The molecule has 0 fully saturated rings. The van der Waals surface area contributed by atoms with Crippen LogP contribution in [0.3, 0.4) is 0 Å². The third-order valence-corrected chi connectivity index (χ3v) is 6.44. The van der Waals surface area contributed by atoms with Gasteiger partial charge in [0.2, 0.25) is 0 Å². The summed E-state index contributed by atoms with van der Waals surface area (Å²) in [5.41, 5.74) is 9.03. The number of aromatic hydroxyl groups is 1. The molecule has 3 N–H and O–H groups in total. The summed E-state index contributed by atoms with van der Waals surface area (Å²) in [6.45, 7) is 8.10. The number of nitrogen functional groups attached to an aromatic ring is 1. The first-order valence-electron chi connectivity index (χ1n) is 10.1. The third-order valence-electron chi connectivity index (χ3n) is 4.58. The monoisotopic (exact) mass is 420 g/mol. The molecule has 0 amide bonds. The van der Waals surface area contributed by atoms with Crippen LogP contribution in [0.5, 0.6) is 5.75 Å². The van der Waals surface area contributed by atoms with Crippen molar-refractivity contribution in [3.8, 4) is 17.1 Å². The second-order valence-electron chi connectivity index (χ2n) is 6.96. The molecule has 0 bridgehead atoms. The SMILES string of the molecule is CCCCCSc1nc(SCCCCC)nc(-c2cc(C)c(O)c(C)c2N)n1. The van der Waals surface area contributed by atoms with Gasteiger partial charge in [-0.2, -0.15) is 4.98 Å². The van der Waals surface area contributed by atoms with Crippen LogP contribution in [0.15, 0.2) is 16.4 Å². The van der Waals surface area contributed by atoms with Crippen molar-refractivity contribution in [3.63, 3.8) is 0 Å². The van der Waals surface area contributed by atoms with Crippen molar-refractivity contribution in [2.45, 2.75) is 76.5 Å². The second kappa shape index (κ2) is 11.5. The molecule has 0 radical (unpaired) electrons. The first-order valence-corrected chi connectivity index (χ1v) is 12.1. The maximum absolute atomic E-state index is 10.2. The number of phenols is 1. The van der Waals surface area contributed by atoms with E-state index in [4.69, 9.17) is 5.73 Å². The van der Waals surface area contributed by atoms with Crippen LogP contribution >= 0.6 is 23.5 Å². The molecule has 0 spiro atoms. The number of benzene rings is 1. The Kier molecular flexibility index (Phi) is 9.38. The number of unbranched alkanes of at least 4 members (excludes halogenated alkanes) is 4. The van der Waals surface area contributed by atoms with E-state index >= 15 is 0 Å². The van der Waals surface area contributed by atoms with Gasteiger partial charge in [0.1, 0.15) is 5.75 Å². The van der Waals surface area contributed by atoms with Gasteiger partial charge in [-0.05, 0) is 38.3 Å². The molecule has 1 aromatic heterocycles. The van der Waals surface area contributed by atoms with Crippen molar-refractivity contribution < 1.29 is 5.11 Å². The highest BCUT2D eigenvalue weighted by Crippen LogP contribution is 2.35. The minimum Gasteiger partial charge on any atom is -0.507 e. The highest BCUT2D eigenvalue weighted by Gasteiger charge is 2.16. The predicted octanol–water partition coefficient (Wildman–Crippen LogP) is 6.01. The van der Waals surface area contributed by atoms with E-state index in [0.29, 0.717) is 17.1 Å². The van der Waals surface area contributed by atoms with E-state index in [1.807, 2.05) is 19.9 Å². The Morgan fingerprint density at radius 3 is 1.93 bits per heavy atom. The van der Waals surface area contributed by atoms with Crippen molar-refractivity contribution in [1.82, 2.24) is 15.0 Å². The molecule has 0 saturated carbocycles. The number of phenolic OH excluding ortho intramolecular Hbond substituents is 1. The number of rotatable bonds is 11. The maximum Gasteiger partial charge on any atom is 0.192 e. The van der Waals surface area contributed by atoms with E-state index in [-0.39, 0.29) is 5.75 Å². The lowest BCUT2D eigenvalue weighted by molar-refractivity contribution is 0.467. The molecule has 0 aliphatic carbocycles. The summed E-state index contributed by atoms with van der Waals surface area (Å²) in [6.07, 6.45) is 7.13. The second-order valence-corrected chi connectivity index (χ2v) is 9.09. The van der Waals surface area contributed by atoms with Gasteiger partial charge in [0.05, 0.1) is 0 Å². The van der Waals surface area contributed by atoms with E-state index < -0.39 is 0 Å². The van der Waals surface area contributed by atoms with Gasteiger partial charge in [0, 0.05) is 28.3 Å². The molecule has 28 heavy (non-hydrogen) atoms. The van der Waals surface area contributed by atoms with Gasteiger partial charge in [-0.25, -0.2) is 9.97 Å². The number of anilines is 1. The summed E-state index contributed by atoms with van der Waals surface area (Å²) in [7, 11) is 0. The zero-order valence-corrected chi connectivity index (χ0v) is 19.0. The smallest absolute Gasteiger partial charge is 0.192 e. The Morgan fingerprint density at radius 1 is 0.893 bits per heavy atom. The van der Waals surface area contributed by atoms with Crippen LogP contribution < -0.4 is 5.73 Å². The van der Waals surface area contributed by atoms with E-state index in [1.165, 1.54) is 25.7 Å². The maximum atomic E-state index is 10.2. The fourth-order valence-electron chi connectivity index (χ4n) is 2.79. The average Bonchev–Trinajstić information content (AvgIpc) is 2.69. The topological polar surface area (TPSA) is 84.9 Å². The first-order chi connectivity index (χ1) is 13.5. The van der Waals surface area contributed by atoms with Crippen molar-refractivity contribution in [2.24, 2.45) is 0 Å². The Balaban J connectivity index is 2.33. The summed E-state index contributed by atoms with van der Waals surface area (Å²) in [6, 6.07) is 1.87. The van der Waals surface area contributed by atoms with E-state index in [2.05, 4.69) is 28.8 Å². The molecule has 0 atom stereocenters. The largest absolute Gasteiger partial charge is 0.507 e. The normalized spacial score (nSPS) is 11.1. The molecule has 1 heterocycles. The van der Waals surface area contributed by atoms with Crippen LogP contribution in [0, 0.1) is 13.8 Å². The minimum atomic E-state index is 0.235. The van der Waals surface area contributed by atoms with Crippen LogP contribution in [0.4, 0.5) is 5.69 Å². The Bertz CT molecular complexity index is 753. The van der Waals surface area contributed by atoms with Crippen LogP contribution in [-0.4, -0.2) is 31.6 Å². The summed E-state index contributed by atoms with van der Waals surface area (Å²) < 4.78 is 0. The quantitative estimate of drug-likeness (QED) is 0.262. The zero-order chi connectivity index (χ0) is 20.5. The third kappa shape index (κ3) is 6.27. The summed E-state index contributed by atoms with van der Waals surface area (Å²) in [5, 5.41) is 11.7. The van der Waals surface area contributed by atoms with Crippen LogP contribution in [-0.2, 0) is 0 Å². The Hall–Kier alpha value is -1.47. The molecule has 5 nitrogen and oxygen atoms in total. The van der Waals surface area contributed by atoms with Crippen LogP contribution in [0.25, 0.3) is 11.4 Å². The lowest BCUT2D eigenvalue weighted by Gasteiger charge is -2.13. The van der Waals surface area contributed by atoms with Crippen molar-refractivity contribution in [2.75, 3.05) is 17.2 Å². The fraction of sp³-hybridized carbons (Fsp3) is 0.571. The van der Waals surface area contributed by atoms with E-state index in [0.717, 1.165) is 45.8 Å². The number of nitrogens with zero attached hydrogens (tertiary/aromatic N) is 3. The van der Waals surface area contributed by atoms with Gasteiger partial charge in [0.25, 0.3) is 0 Å². The molecular weight excluding hydrogens is 388 g/mol. The summed E-state index contributed by atoms with van der Waals surface area (Å²) in [5.74, 6) is 2.83. The lowest BCUT2D eigenvalue weighted by Crippen LogP contribution is -2.03. The number of nitrogens with two attached hydrogens (primary N) is 1. The minimum absolute atomic E-state index is 0.235. The number of aromatic nitrogens is 3. The summed E-state index contributed by atoms with van der Waals surface area (Å²) in [4.78, 5) is 14.0. The van der Waals surface area contributed by atoms with Crippen LogP contribution in [0.2, 0.25) is 0 Å². The highest BCUT2D eigenvalue weighted by atomic mass is 32.2. The number of aryl methyl sites for hydroxylation is 1. The van der Waals surface area contributed by atoms with Gasteiger partial charge in [0.15, 0.2) is 16.1 Å². The average molecular weight is 421 g/mol. The molecule has 0 unspecified atom stereocenters. The van der Waals surface area contributed by atoms with Gasteiger partial charge in [-0.1, -0.05) is 63.1 Å². The van der Waals surface area contributed by atoms with Crippen LogP contribution in [0.1, 0.15) is 63.5 Å². The molecule has 0 aliphatic heterocycles.